The molecule has 0 bridgehead atoms. The normalized spacial score (nSPS) is 11.8. The molecular weight excluding hydrogens is 548 g/mol. The summed E-state index contributed by atoms with van der Waals surface area (Å²) in [6.45, 7) is 0.297. The third-order valence-corrected chi connectivity index (χ3v) is 7.74. The second-order valence-electron chi connectivity index (χ2n) is 7.61. The fourth-order valence-electron chi connectivity index (χ4n) is 3.36. The van der Waals surface area contributed by atoms with E-state index < -0.39 is 15.6 Å². The molecule has 0 aliphatic carbocycles. The van der Waals surface area contributed by atoms with E-state index in [-0.39, 0.29) is 15.4 Å². The Labute approximate surface area is 217 Å². The molecule has 0 fully saturated rings. The monoisotopic (exact) mass is 566 g/mol. The van der Waals surface area contributed by atoms with E-state index in [0.717, 1.165) is 10.0 Å². The molecule has 0 unspecified atom stereocenters. The number of rotatable bonds is 8. The van der Waals surface area contributed by atoms with Crippen LogP contribution in [0.1, 0.15) is 21.5 Å². The van der Waals surface area contributed by atoms with Crippen LogP contribution in [0.4, 0.5) is 0 Å². The molecule has 7 heteroatoms. The van der Waals surface area contributed by atoms with E-state index in [9.17, 15) is 13.2 Å². The van der Waals surface area contributed by atoms with E-state index >= 15 is 0 Å². The summed E-state index contributed by atoms with van der Waals surface area (Å²) >= 11 is 9.28. The molecule has 0 amide bonds. The van der Waals surface area contributed by atoms with Gasteiger partial charge in [-0.25, -0.2) is 8.42 Å². The minimum absolute atomic E-state index is 0.0111. The zero-order valence-corrected chi connectivity index (χ0v) is 21.6. The number of carbonyl (C=O) groups excluding carboxylic acids is 1. The van der Waals surface area contributed by atoms with Gasteiger partial charge in [0.2, 0.25) is 15.6 Å². The molecule has 0 radical (unpaired) electrons. The van der Waals surface area contributed by atoms with Crippen molar-refractivity contribution in [2.24, 2.45) is 0 Å². The van der Waals surface area contributed by atoms with Gasteiger partial charge in [-0.2, -0.15) is 0 Å². The van der Waals surface area contributed by atoms with Gasteiger partial charge in [0.25, 0.3) is 0 Å². The average Bonchev–Trinajstić information content (AvgIpc) is 2.87. The maximum Gasteiger partial charge on any atom is 0.210 e. The summed E-state index contributed by atoms with van der Waals surface area (Å²) in [4.78, 5) is 13.1. The Kier molecular flexibility index (Phi) is 7.86. The lowest BCUT2D eigenvalue weighted by atomic mass is 10.1. The molecule has 0 aromatic heterocycles. The van der Waals surface area contributed by atoms with Gasteiger partial charge in [-0.1, -0.05) is 76.1 Å². The van der Waals surface area contributed by atoms with Crippen molar-refractivity contribution >= 4 is 49.2 Å². The number of Topliss-reactive ketones (excluding diaryl/α,β-unsaturated/α-hetero) is 1. The summed E-state index contributed by atoms with van der Waals surface area (Å²) < 4.78 is 34.0. The number of para-hydroxylation sites is 1. The lowest BCUT2D eigenvalue weighted by Gasteiger charge is -2.13. The Bertz CT molecular complexity index is 1460. The largest absolute Gasteiger partial charge is 0.488 e. The Morgan fingerprint density at radius 1 is 0.829 bits per heavy atom. The number of sulfone groups is 1. The highest BCUT2D eigenvalue weighted by Crippen LogP contribution is 2.30. The van der Waals surface area contributed by atoms with Crippen LogP contribution in [0.15, 0.2) is 117 Å². The van der Waals surface area contributed by atoms with Gasteiger partial charge >= 0.3 is 0 Å². The van der Waals surface area contributed by atoms with Crippen molar-refractivity contribution in [2.45, 2.75) is 11.5 Å². The molecule has 0 aliphatic heterocycles. The summed E-state index contributed by atoms with van der Waals surface area (Å²) in [5, 5.41) is 0.447. The molecule has 176 valence electrons. The van der Waals surface area contributed by atoms with Gasteiger partial charge in [0.15, 0.2) is 0 Å². The number of ketones is 1. The summed E-state index contributed by atoms with van der Waals surface area (Å²) in [5.74, 6) is -0.175. The Hall–Kier alpha value is -3.19. The maximum absolute atomic E-state index is 13.6. The maximum atomic E-state index is 13.6. The van der Waals surface area contributed by atoms with E-state index in [0.29, 0.717) is 22.9 Å². The number of carbonyl (C=O) groups is 1. The van der Waals surface area contributed by atoms with Crippen LogP contribution in [0.2, 0.25) is 5.02 Å². The molecule has 0 aliphatic rings. The van der Waals surface area contributed by atoms with Gasteiger partial charge in [0, 0.05) is 20.6 Å². The van der Waals surface area contributed by atoms with Crippen molar-refractivity contribution in [3.63, 3.8) is 0 Å². The quantitative estimate of drug-likeness (QED) is 0.165. The highest BCUT2D eigenvalue weighted by molar-refractivity contribution is 9.10. The lowest BCUT2D eigenvalue weighted by Crippen LogP contribution is -2.14. The van der Waals surface area contributed by atoms with Gasteiger partial charge in [-0.3, -0.25) is 4.79 Å². The van der Waals surface area contributed by atoms with Crippen LogP contribution >= 0.6 is 27.5 Å². The highest BCUT2D eigenvalue weighted by atomic mass is 79.9. The smallest absolute Gasteiger partial charge is 0.210 e. The number of benzene rings is 4. The predicted octanol–water partition coefficient (Wildman–Crippen LogP) is 7.38. The Morgan fingerprint density at radius 2 is 1.46 bits per heavy atom. The van der Waals surface area contributed by atoms with Crippen molar-refractivity contribution in [1.29, 1.82) is 0 Å². The van der Waals surface area contributed by atoms with E-state index in [1.807, 2.05) is 30.3 Å². The molecule has 4 rings (SSSR count). The van der Waals surface area contributed by atoms with Gasteiger partial charge in [0.1, 0.15) is 17.3 Å². The van der Waals surface area contributed by atoms with Gasteiger partial charge in [0.05, 0.1) is 4.90 Å². The van der Waals surface area contributed by atoms with E-state index in [1.54, 1.807) is 48.5 Å². The Balaban J connectivity index is 1.79. The van der Waals surface area contributed by atoms with Gasteiger partial charge in [-0.05, 0) is 66.2 Å². The van der Waals surface area contributed by atoms with E-state index in [1.165, 1.54) is 30.3 Å². The van der Waals surface area contributed by atoms with Crippen LogP contribution in [0.25, 0.3) is 6.08 Å². The second kappa shape index (κ2) is 11.0. The lowest BCUT2D eigenvalue weighted by molar-refractivity contribution is 0.104. The number of halogens is 2. The van der Waals surface area contributed by atoms with Crippen molar-refractivity contribution in [3.05, 3.63) is 134 Å². The third kappa shape index (κ3) is 6.09. The van der Waals surface area contributed by atoms with Crippen LogP contribution in [0.3, 0.4) is 0 Å². The first-order chi connectivity index (χ1) is 16.8. The molecule has 0 spiro atoms. The minimum atomic E-state index is -4.16. The first-order valence-corrected chi connectivity index (χ1v) is 13.3. The molecule has 4 aromatic rings. The molecule has 35 heavy (non-hydrogen) atoms. The molecule has 0 atom stereocenters. The fraction of sp³-hybridized carbons (Fsp3) is 0.0357. The molecule has 4 nitrogen and oxygen atoms in total. The Morgan fingerprint density at radius 3 is 2.14 bits per heavy atom. The van der Waals surface area contributed by atoms with Crippen LogP contribution in [0.5, 0.6) is 5.75 Å². The summed E-state index contributed by atoms with van der Waals surface area (Å²) in [6.07, 6.45) is 1.37. The number of ether oxygens (including phenoxy) is 1. The molecule has 0 saturated heterocycles. The standard InChI is InChI=1S/C28H20BrClO4S/c29-23-12-16-25(17-13-23)35(32,33)27(28(31)21-10-14-24(30)15-11-21)18-22-8-4-5-9-26(22)34-19-20-6-2-1-3-7-20/h1-18H,19H2/b27-18+. The summed E-state index contributed by atoms with van der Waals surface area (Å²) in [5.41, 5.74) is 1.65. The minimum Gasteiger partial charge on any atom is -0.488 e. The van der Waals surface area contributed by atoms with Crippen LogP contribution in [-0.4, -0.2) is 14.2 Å². The summed E-state index contributed by atoms with van der Waals surface area (Å²) in [6, 6.07) is 28.9. The molecule has 0 heterocycles. The second-order valence-corrected chi connectivity index (χ2v) is 10.9. The van der Waals surface area contributed by atoms with Crippen molar-refractivity contribution in [2.75, 3.05) is 0 Å². The molecular formula is C28H20BrClO4S. The number of hydrogen-bond acceptors (Lipinski definition) is 4. The van der Waals surface area contributed by atoms with E-state index in [4.69, 9.17) is 16.3 Å². The van der Waals surface area contributed by atoms with Crippen LogP contribution < -0.4 is 4.74 Å². The van der Waals surface area contributed by atoms with Gasteiger partial charge < -0.3 is 4.74 Å². The van der Waals surface area contributed by atoms with Crippen LogP contribution in [-0.2, 0) is 16.4 Å². The third-order valence-electron chi connectivity index (χ3n) is 5.19. The zero-order valence-electron chi connectivity index (χ0n) is 18.4. The number of hydrogen-bond donors (Lipinski definition) is 0. The van der Waals surface area contributed by atoms with E-state index in [2.05, 4.69) is 15.9 Å². The number of allylic oxidation sites excluding steroid dienone is 1. The SMILES string of the molecule is O=C(/C(=C\c1ccccc1OCc1ccccc1)S(=O)(=O)c1ccc(Br)cc1)c1ccc(Cl)cc1. The molecule has 0 saturated carbocycles. The topological polar surface area (TPSA) is 60.4 Å². The molecule has 4 aromatic carbocycles. The van der Waals surface area contributed by atoms with Crippen molar-refractivity contribution < 1.29 is 17.9 Å². The first-order valence-electron chi connectivity index (χ1n) is 10.6. The predicted molar refractivity (Wildman–Crippen MR) is 142 cm³/mol. The average molecular weight is 568 g/mol. The van der Waals surface area contributed by atoms with Crippen molar-refractivity contribution in [1.82, 2.24) is 0 Å². The highest BCUT2D eigenvalue weighted by Gasteiger charge is 2.28. The molecule has 0 N–H and O–H groups in total. The first kappa shape index (κ1) is 24.9. The van der Waals surface area contributed by atoms with Crippen LogP contribution in [0, 0.1) is 0 Å². The summed E-state index contributed by atoms with van der Waals surface area (Å²) in [7, 11) is -4.16. The zero-order chi connectivity index (χ0) is 24.8. The fourth-order valence-corrected chi connectivity index (χ4v) is 5.14. The van der Waals surface area contributed by atoms with Crippen molar-refractivity contribution in [3.8, 4) is 5.75 Å². The van der Waals surface area contributed by atoms with Gasteiger partial charge in [-0.15, -0.1) is 0 Å².